The van der Waals surface area contributed by atoms with Crippen molar-refractivity contribution in [3.05, 3.63) is 0 Å². The molecule has 0 amide bonds. The van der Waals surface area contributed by atoms with Crippen LogP contribution in [0.25, 0.3) is 0 Å². The SMILES string of the molecule is CCCCCCCCCCCCC(CC)C(C)NC. The molecule has 0 radical (unpaired) electrons. The highest BCUT2D eigenvalue weighted by Gasteiger charge is 2.12. The van der Waals surface area contributed by atoms with Gasteiger partial charge in [-0.15, -0.1) is 0 Å². The summed E-state index contributed by atoms with van der Waals surface area (Å²) < 4.78 is 0. The first kappa shape index (κ1) is 19.0. The van der Waals surface area contributed by atoms with E-state index >= 15 is 0 Å². The smallest absolute Gasteiger partial charge is 0.00638 e. The van der Waals surface area contributed by atoms with E-state index in [1.165, 1.54) is 77.0 Å². The van der Waals surface area contributed by atoms with Crippen molar-refractivity contribution in [3.63, 3.8) is 0 Å². The number of hydrogen-bond donors (Lipinski definition) is 1. The van der Waals surface area contributed by atoms with Gasteiger partial charge in [-0.1, -0.05) is 84.5 Å². The quantitative estimate of drug-likeness (QED) is 0.385. The number of unbranched alkanes of at least 4 members (excludes halogenated alkanes) is 9. The number of nitrogens with one attached hydrogen (secondary N) is 1. The molecule has 0 aromatic carbocycles. The van der Waals surface area contributed by atoms with E-state index in [4.69, 9.17) is 0 Å². The minimum atomic E-state index is 0.684. The summed E-state index contributed by atoms with van der Waals surface area (Å²) in [4.78, 5) is 0. The van der Waals surface area contributed by atoms with Gasteiger partial charge < -0.3 is 5.32 Å². The van der Waals surface area contributed by atoms with Gasteiger partial charge in [0, 0.05) is 6.04 Å². The molecule has 0 fully saturated rings. The first-order chi connectivity index (χ1) is 9.26. The first-order valence-electron chi connectivity index (χ1n) is 8.93. The third-order valence-corrected chi connectivity index (χ3v) is 4.62. The van der Waals surface area contributed by atoms with Crippen LogP contribution >= 0.6 is 0 Å². The van der Waals surface area contributed by atoms with Gasteiger partial charge in [-0.25, -0.2) is 0 Å². The van der Waals surface area contributed by atoms with Crippen LogP contribution in [-0.2, 0) is 0 Å². The van der Waals surface area contributed by atoms with Crippen LogP contribution in [0.3, 0.4) is 0 Å². The summed E-state index contributed by atoms with van der Waals surface area (Å²) in [5.74, 6) is 0.874. The van der Waals surface area contributed by atoms with E-state index in [1.807, 2.05) is 0 Å². The maximum atomic E-state index is 3.40. The topological polar surface area (TPSA) is 12.0 Å². The van der Waals surface area contributed by atoms with E-state index in [0.29, 0.717) is 6.04 Å². The van der Waals surface area contributed by atoms with Crippen molar-refractivity contribution < 1.29 is 0 Å². The molecule has 0 saturated carbocycles. The molecule has 19 heavy (non-hydrogen) atoms. The molecule has 2 unspecified atom stereocenters. The Bertz CT molecular complexity index is 167. The Morgan fingerprint density at radius 1 is 0.737 bits per heavy atom. The Morgan fingerprint density at radius 3 is 1.63 bits per heavy atom. The van der Waals surface area contributed by atoms with Crippen LogP contribution < -0.4 is 5.32 Å². The molecule has 1 nitrogen and oxygen atoms in total. The Labute approximate surface area is 122 Å². The lowest BCUT2D eigenvalue weighted by Crippen LogP contribution is -2.30. The zero-order valence-electron chi connectivity index (χ0n) is 14.1. The van der Waals surface area contributed by atoms with Crippen LogP contribution in [0.2, 0.25) is 0 Å². The minimum absolute atomic E-state index is 0.684. The highest BCUT2D eigenvalue weighted by molar-refractivity contribution is 4.69. The molecular formula is C18H39N. The van der Waals surface area contributed by atoms with Crippen molar-refractivity contribution in [2.75, 3.05) is 7.05 Å². The van der Waals surface area contributed by atoms with Gasteiger partial charge in [0.1, 0.15) is 0 Å². The highest BCUT2D eigenvalue weighted by atomic mass is 14.9. The van der Waals surface area contributed by atoms with E-state index in [9.17, 15) is 0 Å². The van der Waals surface area contributed by atoms with Gasteiger partial charge in [0.15, 0.2) is 0 Å². The van der Waals surface area contributed by atoms with Crippen LogP contribution in [0.15, 0.2) is 0 Å². The standard InChI is InChI=1S/C18H39N/c1-5-7-8-9-10-11-12-13-14-15-16-18(6-2)17(3)19-4/h17-19H,5-16H2,1-4H3. The molecule has 0 heterocycles. The molecule has 0 saturated heterocycles. The molecule has 0 aliphatic carbocycles. The number of hydrogen-bond acceptors (Lipinski definition) is 1. The molecule has 0 aliphatic heterocycles. The highest BCUT2D eigenvalue weighted by Crippen LogP contribution is 2.18. The molecule has 0 aromatic heterocycles. The second kappa shape index (κ2) is 14.4. The van der Waals surface area contributed by atoms with Gasteiger partial charge in [0.25, 0.3) is 0 Å². The molecule has 0 aliphatic rings. The maximum absolute atomic E-state index is 3.40. The second-order valence-corrected chi connectivity index (χ2v) is 6.22. The Hall–Kier alpha value is -0.0400. The lowest BCUT2D eigenvalue weighted by molar-refractivity contribution is 0.346. The predicted octanol–water partition coefficient (Wildman–Crippen LogP) is 5.93. The summed E-state index contributed by atoms with van der Waals surface area (Å²) in [6, 6.07) is 0.684. The molecule has 0 bridgehead atoms. The third-order valence-electron chi connectivity index (χ3n) is 4.62. The van der Waals surface area contributed by atoms with Crippen molar-refractivity contribution in [3.8, 4) is 0 Å². The Kier molecular flexibility index (Phi) is 14.3. The fourth-order valence-corrected chi connectivity index (χ4v) is 2.94. The average molecular weight is 270 g/mol. The summed E-state index contributed by atoms with van der Waals surface area (Å²) in [5, 5.41) is 3.40. The molecular weight excluding hydrogens is 230 g/mol. The summed E-state index contributed by atoms with van der Waals surface area (Å²) >= 11 is 0. The normalized spacial score (nSPS) is 14.5. The first-order valence-corrected chi connectivity index (χ1v) is 8.93. The van der Waals surface area contributed by atoms with Crippen LogP contribution in [-0.4, -0.2) is 13.1 Å². The summed E-state index contributed by atoms with van der Waals surface area (Å²) in [6.07, 6.45) is 17.2. The third kappa shape index (κ3) is 11.5. The predicted molar refractivity (Wildman–Crippen MR) is 88.8 cm³/mol. The van der Waals surface area contributed by atoms with Crippen LogP contribution in [0.1, 0.15) is 97.8 Å². The molecule has 116 valence electrons. The largest absolute Gasteiger partial charge is 0.317 e. The molecule has 0 spiro atoms. The van der Waals surface area contributed by atoms with Gasteiger partial charge in [-0.3, -0.25) is 0 Å². The average Bonchev–Trinajstić information content (AvgIpc) is 2.44. The summed E-state index contributed by atoms with van der Waals surface area (Å²) in [6.45, 7) is 6.94. The molecule has 0 aromatic rings. The van der Waals surface area contributed by atoms with Gasteiger partial charge >= 0.3 is 0 Å². The van der Waals surface area contributed by atoms with E-state index in [0.717, 1.165) is 5.92 Å². The van der Waals surface area contributed by atoms with Crippen molar-refractivity contribution >= 4 is 0 Å². The van der Waals surface area contributed by atoms with Crippen molar-refractivity contribution in [2.24, 2.45) is 5.92 Å². The van der Waals surface area contributed by atoms with Gasteiger partial charge in [0.2, 0.25) is 0 Å². The van der Waals surface area contributed by atoms with E-state index in [2.05, 4.69) is 33.1 Å². The Morgan fingerprint density at radius 2 is 1.21 bits per heavy atom. The lowest BCUT2D eigenvalue weighted by Gasteiger charge is -2.22. The summed E-state index contributed by atoms with van der Waals surface area (Å²) in [5.41, 5.74) is 0. The number of rotatable bonds is 14. The second-order valence-electron chi connectivity index (χ2n) is 6.22. The van der Waals surface area contributed by atoms with Crippen molar-refractivity contribution in [1.29, 1.82) is 0 Å². The molecule has 2 atom stereocenters. The van der Waals surface area contributed by atoms with Crippen molar-refractivity contribution in [1.82, 2.24) is 5.32 Å². The van der Waals surface area contributed by atoms with Gasteiger partial charge in [-0.2, -0.15) is 0 Å². The fraction of sp³-hybridized carbons (Fsp3) is 1.00. The summed E-state index contributed by atoms with van der Waals surface area (Å²) in [7, 11) is 2.09. The minimum Gasteiger partial charge on any atom is -0.317 e. The van der Waals surface area contributed by atoms with E-state index < -0.39 is 0 Å². The molecule has 1 heteroatoms. The Balaban J connectivity index is 3.25. The van der Waals surface area contributed by atoms with Gasteiger partial charge in [-0.05, 0) is 26.3 Å². The lowest BCUT2D eigenvalue weighted by atomic mass is 9.92. The van der Waals surface area contributed by atoms with Crippen LogP contribution in [0, 0.1) is 5.92 Å². The van der Waals surface area contributed by atoms with Gasteiger partial charge in [0.05, 0.1) is 0 Å². The van der Waals surface area contributed by atoms with Crippen LogP contribution in [0.5, 0.6) is 0 Å². The van der Waals surface area contributed by atoms with Crippen molar-refractivity contribution in [2.45, 2.75) is 104 Å². The monoisotopic (exact) mass is 269 g/mol. The van der Waals surface area contributed by atoms with E-state index in [-0.39, 0.29) is 0 Å². The molecule has 1 N–H and O–H groups in total. The maximum Gasteiger partial charge on any atom is 0.00638 e. The van der Waals surface area contributed by atoms with Crippen LogP contribution in [0.4, 0.5) is 0 Å². The zero-order chi connectivity index (χ0) is 14.3. The fourth-order valence-electron chi connectivity index (χ4n) is 2.94. The zero-order valence-corrected chi connectivity index (χ0v) is 14.1. The van der Waals surface area contributed by atoms with E-state index in [1.54, 1.807) is 0 Å². The molecule has 0 rings (SSSR count).